The third-order valence-corrected chi connectivity index (χ3v) is 11.1. The number of Topliss-reactive ketones (excluding diaryl/α,β-unsaturated/α-hetero) is 1. The highest BCUT2D eigenvalue weighted by atomic mass is 16.5. The van der Waals surface area contributed by atoms with Crippen molar-refractivity contribution in [3.8, 4) is 0 Å². The number of likely N-dealkylation sites (N-methyl/N-ethyl adjacent to an activating group) is 1. The second-order valence-corrected chi connectivity index (χ2v) is 16.1. The fourth-order valence-corrected chi connectivity index (χ4v) is 7.84. The molecule has 0 unspecified atom stereocenters. The lowest BCUT2D eigenvalue weighted by molar-refractivity contribution is -0.145. The third kappa shape index (κ3) is 12.6. The van der Waals surface area contributed by atoms with Gasteiger partial charge in [0.15, 0.2) is 5.78 Å². The van der Waals surface area contributed by atoms with Crippen molar-refractivity contribution in [2.24, 2.45) is 23.7 Å². The number of rotatable bonds is 22. The molecule has 1 fully saturated rings. The van der Waals surface area contributed by atoms with Gasteiger partial charge in [-0.3, -0.25) is 19.8 Å². The number of methoxy groups -OCH3 is 2. The molecule has 1 aromatic rings. The maximum absolute atomic E-state index is 14.2. The lowest BCUT2D eigenvalue weighted by Gasteiger charge is -2.42. The van der Waals surface area contributed by atoms with Crippen LogP contribution in [0, 0.1) is 29.1 Å². The van der Waals surface area contributed by atoms with Crippen molar-refractivity contribution in [2.45, 2.75) is 143 Å². The number of benzene rings is 1. The van der Waals surface area contributed by atoms with E-state index in [0.29, 0.717) is 18.8 Å². The number of carboxylic acids is 1. The van der Waals surface area contributed by atoms with Gasteiger partial charge >= 0.3 is 5.97 Å². The zero-order chi connectivity index (χ0) is 40.2. The molecule has 0 aliphatic carbocycles. The van der Waals surface area contributed by atoms with Crippen LogP contribution in [0.3, 0.4) is 0 Å². The van der Waals surface area contributed by atoms with E-state index < -0.39 is 41.6 Å². The Labute approximate surface area is 318 Å². The monoisotopic (exact) mass is 744 g/mol. The van der Waals surface area contributed by atoms with E-state index in [1.165, 1.54) is 7.11 Å². The largest absolute Gasteiger partial charge is 0.480 e. The summed E-state index contributed by atoms with van der Waals surface area (Å²) in [7, 11) is 4.98. The first kappa shape index (κ1) is 45.8. The molecule has 1 heterocycles. The molecule has 0 spiro atoms. The summed E-state index contributed by atoms with van der Waals surface area (Å²) >= 11 is 0. The quantitative estimate of drug-likeness (QED) is 0.0927. The Morgan fingerprint density at radius 1 is 1.02 bits per heavy atom. The minimum absolute atomic E-state index is 0.0311. The smallest absolute Gasteiger partial charge is 0.326 e. The predicted molar refractivity (Wildman–Crippen MR) is 209 cm³/mol. The van der Waals surface area contributed by atoms with Crippen LogP contribution in [0.5, 0.6) is 0 Å². The van der Waals surface area contributed by atoms with Crippen LogP contribution in [-0.4, -0.2) is 114 Å². The minimum atomic E-state index is -1.13. The molecule has 0 bridgehead atoms. The Morgan fingerprint density at radius 3 is 2.15 bits per heavy atom. The van der Waals surface area contributed by atoms with Gasteiger partial charge in [0.2, 0.25) is 11.8 Å². The topological polar surface area (TPSA) is 161 Å². The van der Waals surface area contributed by atoms with Gasteiger partial charge in [0.1, 0.15) is 6.04 Å². The molecule has 4 N–H and O–H groups in total. The van der Waals surface area contributed by atoms with E-state index in [1.807, 2.05) is 83.8 Å². The van der Waals surface area contributed by atoms with E-state index in [9.17, 15) is 29.7 Å². The molecule has 2 amide bonds. The summed E-state index contributed by atoms with van der Waals surface area (Å²) in [5.41, 5.74) is 0.0616. The van der Waals surface area contributed by atoms with Crippen molar-refractivity contribution in [1.82, 2.24) is 20.4 Å². The number of carboxylic acid groups (broad SMARTS) is 1. The number of hydrogen-bond acceptors (Lipinski definition) is 8. The number of likely N-dealkylation sites (tertiary alicyclic amines) is 1. The summed E-state index contributed by atoms with van der Waals surface area (Å²) in [6.07, 6.45) is 1.37. The molecule has 1 saturated heterocycles. The van der Waals surface area contributed by atoms with Crippen LogP contribution in [0.4, 0.5) is 0 Å². The number of carbonyl (C=O) groups is 4. The van der Waals surface area contributed by atoms with Crippen LogP contribution in [-0.2, 0) is 35.1 Å². The van der Waals surface area contributed by atoms with Crippen molar-refractivity contribution in [1.29, 1.82) is 5.41 Å². The van der Waals surface area contributed by atoms with E-state index in [0.717, 1.165) is 18.4 Å². The summed E-state index contributed by atoms with van der Waals surface area (Å²) in [4.78, 5) is 57.0. The zero-order valence-electron chi connectivity index (χ0n) is 34.4. The molecular formula is C41H69N5O7. The highest BCUT2D eigenvalue weighted by Crippen LogP contribution is 2.31. The molecule has 2 rings (SSSR count). The van der Waals surface area contributed by atoms with E-state index in [2.05, 4.69) is 24.5 Å². The van der Waals surface area contributed by atoms with Crippen LogP contribution < -0.4 is 10.6 Å². The Bertz CT molecular complexity index is 1350. The molecule has 53 heavy (non-hydrogen) atoms. The maximum atomic E-state index is 14.2. The van der Waals surface area contributed by atoms with Gasteiger partial charge in [-0.2, -0.15) is 0 Å². The Kier molecular flexibility index (Phi) is 18.1. The predicted octanol–water partition coefficient (Wildman–Crippen LogP) is 5.18. The molecule has 1 aliphatic rings. The number of nitrogens with one attached hydrogen (secondary N) is 3. The lowest BCUT2D eigenvalue weighted by atomic mass is 9.82. The molecule has 12 heteroatoms. The first-order valence-corrected chi connectivity index (χ1v) is 19.3. The average Bonchev–Trinajstić information content (AvgIpc) is 3.58. The van der Waals surface area contributed by atoms with Gasteiger partial charge in [-0.1, -0.05) is 71.4 Å². The second-order valence-electron chi connectivity index (χ2n) is 16.1. The van der Waals surface area contributed by atoms with Gasteiger partial charge in [0, 0.05) is 52.6 Å². The third-order valence-electron chi connectivity index (χ3n) is 11.1. The van der Waals surface area contributed by atoms with E-state index in [1.54, 1.807) is 18.9 Å². The molecule has 0 aromatic heterocycles. The summed E-state index contributed by atoms with van der Waals surface area (Å²) in [5.74, 6) is -2.28. The molecule has 0 radical (unpaired) electrons. The first-order valence-electron chi connectivity index (χ1n) is 19.3. The summed E-state index contributed by atoms with van der Waals surface area (Å²) in [6, 6.07) is 7.45. The zero-order valence-corrected chi connectivity index (χ0v) is 34.4. The normalized spacial score (nSPS) is 18.9. The summed E-state index contributed by atoms with van der Waals surface area (Å²) in [5, 5.41) is 25.3. The number of hydrogen-bond donors (Lipinski definition) is 4. The average molecular weight is 744 g/mol. The first-order chi connectivity index (χ1) is 24.8. The van der Waals surface area contributed by atoms with Crippen LogP contribution in [0.2, 0.25) is 0 Å². The van der Waals surface area contributed by atoms with Gasteiger partial charge in [0.05, 0.1) is 48.0 Å². The number of amidine groups is 1. The Morgan fingerprint density at radius 2 is 1.64 bits per heavy atom. The molecule has 0 saturated carbocycles. The fraction of sp³-hybridized carbons (Fsp3) is 0.732. The number of carbonyl (C=O) groups excluding carboxylic acids is 3. The number of ketones is 1. The molecular weight excluding hydrogens is 674 g/mol. The number of aliphatic carboxylic acids is 1. The summed E-state index contributed by atoms with van der Waals surface area (Å²) in [6.45, 7) is 18.2. The highest BCUT2D eigenvalue weighted by molar-refractivity contribution is 5.93. The van der Waals surface area contributed by atoms with Crippen molar-refractivity contribution >= 4 is 29.4 Å². The molecule has 8 atom stereocenters. The lowest BCUT2D eigenvalue weighted by Crippen LogP contribution is -2.55. The highest BCUT2D eigenvalue weighted by Gasteiger charge is 2.43. The summed E-state index contributed by atoms with van der Waals surface area (Å²) < 4.78 is 12.0. The Balaban J connectivity index is 2.27. The minimum Gasteiger partial charge on any atom is -0.480 e. The van der Waals surface area contributed by atoms with E-state index in [-0.39, 0.29) is 66.8 Å². The van der Waals surface area contributed by atoms with Crippen molar-refractivity contribution in [3.05, 3.63) is 35.9 Å². The molecule has 1 aliphatic heterocycles. The SMILES string of the molecule is CC[C@H](C)[C@@H]([C@@H](CC(=O)N1CCC[C@H]1[C@H](OC)[C@@H](C)C(=O)N[C@@H](Cc1ccccc1)C(=O)O)OC)N(C)C(=N)[C@@H](CC(=O)C(C)(C)NC(C)C)C(C)C. The van der Waals surface area contributed by atoms with E-state index >= 15 is 0 Å². The fourth-order valence-electron chi connectivity index (χ4n) is 7.84. The van der Waals surface area contributed by atoms with Crippen LogP contribution in [0.15, 0.2) is 30.3 Å². The van der Waals surface area contributed by atoms with Crippen LogP contribution >= 0.6 is 0 Å². The van der Waals surface area contributed by atoms with Gasteiger partial charge in [-0.05, 0) is 57.9 Å². The number of amides is 2. The molecule has 12 nitrogen and oxygen atoms in total. The second kappa shape index (κ2) is 20.9. The van der Waals surface area contributed by atoms with Crippen LogP contribution in [0.1, 0.15) is 100.0 Å². The number of ether oxygens (including phenoxy) is 2. The van der Waals surface area contributed by atoms with Crippen molar-refractivity contribution < 1.29 is 33.8 Å². The van der Waals surface area contributed by atoms with Crippen molar-refractivity contribution in [3.63, 3.8) is 0 Å². The number of nitrogens with zero attached hydrogens (tertiary/aromatic N) is 2. The molecule has 1 aromatic carbocycles. The van der Waals surface area contributed by atoms with Crippen LogP contribution in [0.25, 0.3) is 0 Å². The Hall–Kier alpha value is -3.35. The van der Waals surface area contributed by atoms with Gasteiger partial charge in [-0.25, -0.2) is 4.79 Å². The standard InChI is InChI=1S/C41H69N5O7/c1-13-27(6)36(45(10)38(42)30(25(2)3)23-34(47)41(8,9)44-26(4)5)33(52-11)24-35(48)46-21-17-20-32(46)37(53-12)28(7)39(49)43-31(40(50)51)22-29-18-15-14-16-19-29/h14-16,18-19,25-28,30-33,36-37,42,44H,13,17,20-24H2,1-12H3,(H,43,49)(H,50,51)/t27-,28+,30-,31-,32-,33+,36-,37+/m0/s1. The van der Waals surface area contributed by atoms with Gasteiger partial charge in [0.25, 0.3) is 0 Å². The van der Waals surface area contributed by atoms with Crippen molar-refractivity contribution in [2.75, 3.05) is 27.8 Å². The maximum Gasteiger partial charge on any atom is 0.326 e. The van der Waals surface area contributed by atoms with E-state index in [4.69, 9.17) is 9.47 Å². The van der Waals surface area contributed by atoms with Gasteiger partial charge < -0.3 is 35.0 Å². The van der Waals surface area contributed by atoms with Gasteiger partial charge in [-0.15, -0.1) is 0 Å². The molecule has 300 valence electrons.